The van der Waals surface area contributed by atoms with Gasteiger partial charge in [0.25, 0.3) is 11.8 Å². The maximum absolute atomic E-state index is 13.1. The summed E-state index contributed by atoms with van der Waals surface area (Å²) in [7, 11) is 0. The molecule has 0 radical (unpaired) electrons. The predicted octanol–water partition coefficient (Wildman–Crippen LogP) is 4.26. The number of hydrogen-bond donors (Lipinski definition) is 2. The summed E-state index contributed by atoms with van der Waals surface area (Å²) in [6.45, 7) is 1.70. The summed E-state index contributed by atoms with van der Waals surface area (Å²) in [6, 6.07) is 21.3. The smallest absolute Gasteiger partial charge is 0.334 e. The molecule has 3 aromatic carbocycles. The molecule has 3 aromatic rings. The van der Waals surface area contributed by atoms with Gasteiger partial charge in [-0.05, 0) is 48.4 Å². The number of halogens is 1. The van der Waals surface area contributed by atoms with Gasteiger partial charge < -0.3 is 15.4 Å². The molecule has 0 aliphatic carbocycles. The normalized spacial score (nSPS) is 12.3. The van der Waals surface area contributed by atoms with E-state index in [2.05, 4.69) is 10.6 Å². The van der Waals surface area contributed by atoms with Crippen LogP contribution in [0.3, 0.4) is 0 Å². The second-order valence-electron chi connectivity index (χ2n) is 7.01. The van der Waals surface area contributed by atoms with Crippen molar-refractivity contribution in [1.29, 1.82) is 0 Å². The van der Waals surface area contributed by atoms with Gasteiger partial charge in [-0.2, -0.15) is 0 Å². The average Bonchev–Trinajstić information content (AvgIpc) is 2.83. The van der Waals surface area contributed by atoms with Crippen molar-refractivity contribution in [3.63, 3.8) is 0 Å². The highest BCUT2D eigenvalue weighted by atomic mass is 19.1. The second-order valence-corrected chi connectivity index (χ2v) is 7.01. The molecule has 0 fully saturated rings. The summed E-state index contributed by atoms with van der Waals surface area (Å²) in [5.74, 6) is -2.18. The molecule has 0 bridgehead atoms. The summed E-state index contributed by atoms with van der Waals surface area (Å²) in [6.07, 6.45) is -0.875. The third kappa shape index (κ3) is 6.01. The molecule has 0 aromatic heterocycles. The van der Waals surface area contributed by atoms with Gasteiger partial charge in [0.1, 0.15) is 5.82 Å². The van der Waals surface area contributed by atoms with Gasteiger partial charge in [-0.3, -0.25) is 9.59 Å². The molecule has 0 saturated heterocycles. The van der Waals surface area contributed by atoms with Crippen LogP contribution in [0.15, 0.2) is 84.9 Å². The van der Waals surface area contributed by atoms with E-state index in [9.17, 15) is 18.8 Å². The lowest BCUT2D eigenvalue weighted by molar-refractivity contribution is -0.156. The van der Waals surface area contributed by atoms with Crippen molar-refractivity contribution in [1.82, 2.24) is 5.32 Å². The Balaban J connectivity index is 1.75. The highest BCUT2D eigenvalue weighted by Crippen LogP contribution is 2.18. The molecule has 2 unspecified atom stereocenters. The molecule has 164 valence electrons. The summed E-state index contributed by atoms with van der Waals surface area (Å²) in [4.78, 5) is 38.3. The number of anilines is 1. The standard InChI is InChI=1S/C25H23FN2O4/c1-2-21(24(30)27-20-15-13-19(26)14-16-20)32-25(31)22(17-9-5-3-6-10-17)28-23(29)18-11-7-4-8-12-18/h3-16,21-22H,2H2,1H3,(H,27,30)(H,28,29). The van der Waals surface area contributed by atoms with Gasteiger partial charge in [0, 0.05) is 11.3 Å². The van der Waals surface area contributed by atoms with Crippen LogP contribution >= 0.6 is 0 Å². The van der Waals surface area contributed by atoms with Crippen LogP contribution in [-0.4, -0.2) is 23.9 Å². The second kappa shape index (κ2) is 10.9. The van der Waals surface area contributed by atoms with Crippen LogP contribution in [0.1, 0.15) is 35.3 Å². The topological polar surface area (TPSA) is 84.5 Å². The number of amides is 2. The maximum atomic E-state index is 13.1. The lowest BCUT2D eigenvalue weighted by atomic mass is 10.1. The Labute approximate surface area is 185 Å². The van der Waals surface area contributed by atoms with Crippen LogP contribution in [0.2, 0.25) is 0 Å². The summed E-state index contributed by atoms with van der Waals surface area (Å²) >= 11 is 0. The number of carbonyl (C=O) groups excluding carboxylic acids is 3. The van der Waals surface area contributed by atoms with Gasteiger partial charge in [0.15, 0.2) is 12.1 Å². The molecule has 2 atom stereocenters. The first-order valence-corrected chi connectivity index (χ1v) is 10.2. The van der Waals surface area contributed by atoms with E-state index in [0.29, 0.717) is 16.8 Å². The van der Waals surface area contributed by atoms with E-state index in [-0.39, 0.29) is 6.42 Å². The summed E-state index contributed by atoms with van der Waals surface area (Å²) in [5, 5.41) is 5.29. The fourth-order valence-electron chi connectivity index (χ4n) is 3.01. The monoisotopic (exact) mass is 434 g/mol. The van der Waals surface area contributed by atoms with Crippen LogP contribution in [-0.2, 0) is 14.3 Å². The van der Waals surface area contributed by atoms with Crippen LogP contribution in [0.25, 0.3) is 0 Å². The highest BCUT2D eigenvalue weighted by molar-refractivity contribution is 5.98. The number of hydrogen-bond acceptors (Lipinski definition) is 4. The third-order valence-electron chi connectivity index (χ3n) is 4.71. The minimum atomic E-state index is -1.10. The lowest BCUT2D eigenvalue weighted by Crippen LogP contribution is -2.39. The Morgan fingerprint density at radius 1 is 0.875 bits per heavy atom. The van der Waals surface area contributed by atoms with Crippen LogP contribution in [0, 0.1) is 5.82 Å². The average molecular weight is 434 g/mol. The zero-order valence-electron chi connectivity index (χ0n) is 17.5. The largest absolute Gasteiger partial charge is 0.450 e. The number of carbonyl (C=O) groups is 3. The van der Waals surface area contributed by atoms with Crippen molar-refractivity contribution >= 4 is 23.5 Å². The van der Waals surface area contributed by atoms with Crippen LogP contribution in [0.4, 0.5) is 10.1 Å². The van der Waals surface area contributed by atoms with Gasteiger partial charge in [-0.25, -0.2) is 9.18 Å². The van der Waals surface area contributed by atoms with Crippen molar-refractivity contribution in [2.45, 2.75) is 25.5 Å². The van der Waals surface area contributed by atoms with Gasteiger partial charge >= 0.3 is 5.97 Å². The maximum Gasteiger partial charge on any atom is 0.334 e. The van der Waals surface area contributed by atoms with Crippen molar-refractivity contribution in [2.24, 2.45) is 0 Å². The first-order valence-electron chi connectivity index (χ1n) is 10.2. The zero-order valence-corrected chi connectivity index (χ0v) is 17.5. The molecule has 2 amide bonds. The van der Waals surface area contributed by atoms with Gasteiger partial charge in [0.2, 0.25) is 0 Å². The summed E-state index contributed by atoms with van der Waals surface area (Å²) in [5.41, 5.74) is 1.29. The molecular weight excluding hydrogens is 411 g/mol. The molecule has 2 N–H and O–H groups in total. The quantitative estimate of drug-likeness (QED) is 0.519. The Morgan fingerprint density at radius 2 is 1.47 bits per heavy atom. The molecule has 3 rings (SSSR count). The summed E-state index contributed by atoms with van der Waals surface area (Å²) < 4.78 is 18.6. The Hall–Kier alpha value is -4.00. The minimum Gasteiger partial charge on any atom is -0.450 e. The van der Waals surface area contributed by atoms with Crippen molar-refractivity contribution in [3.05, 3.63) is 102 Å². The van der Waals surface area contributed by atoms with Crippen molar-refractivity contribution in [2.75, 3.05) is 5.32 Å². The van der Waals surface area contributed by atoms with E-state index in [0.717, 1.165) is 0 Å². The van der Waals surface area contributed by atoms with E-state index < -0.39 is 35.7 Å². The van der Waals surface area contributed by atoms with Crippen molar-refractivity contribution < 1.29 is 23.5 Å². The lowest BCUT2D eigenvalue weighted by Gasteiger charge is -2.22. The first-order chi connectivity index (χ1) is 15.5. The first kappa shape index (κ1) is 22.7. The third-order valence-corrected chi connectivity index (χ3v) is 4.71. The van der Waals surface area contributed by atoms with E-state index >= 15 is 0 Å². The predicted molar refractivity (Wildman–Crippen MR) is 118 cm³/mol. The molecule has 32 heavy (non-hydrogen) atoms. The van der Waals surface area contributed by atoms with Gasteiger partial charge in [-0.15, -0.1) is 0 Å². The van der Waals surface area contributed by atoms with Gasteiger partial charge in [0.05, 0.1) is 0 Å². The highest BCUT2D eigenvalue weighted by Gasteiger charge is 2.29. The Kier molecular flexibility index (Phi) is 7.70. The van der Waals surface area contributed by atoms with E-state index in [1.807, 2.05) is 0 Å². The molecular formula is C25H23FN2O4. The van der Waals surface area contributed by atoms with E-state index in [4.69, 9.17) is 4.74 Å². The Morgan fingerprint density at radius 3 is 2.06 bits per heavy atom. The number of benzene rings is 3. The molecule has 0 aliphatic rings. The number of rotatable bonds is 8. The molecule has 0 spiro atoms. The molecule has 7 heteroatoms. The number of nitrogens with one attached hydrogen (secondary N) is 2. The minimum absolute atomic E-state index is 0.215. The van der Waals surface area contributed by atoms with Gasteiger partial charge in [-0.1, -0.05) is 55.5 Å². The fourth-order valence-corrected chi connectivity index (χ4v) is 3.01. The number of esters is 1. The molecule has 0 aliphatic heterocycles. The molecule has 0 saturated carbocycles. The molecule has 6 nitrogen and oxygen atoms in total. The fraction of sp³-hybridized carbons (Fsp3) is 0.160. The zero-order chi connectivity index (χ0) is 22.9. The molecule has 0 heterocycles. The SMILES string of the molecule is CCC(OC(=O)C(NC(=O)c1ccccc1)c1ccccc1)C(=O)Nc1ccc(F)cc1. The van der Waals surface area contributed by atoms with Crippen molar-refractivity contribution in [3.8, 4) is 0 Å². The van der Waals surface area contributed by atoms with Crippen LogP contribution < -0.4 is 10.6 Å². The van der Waals surface area contributed by atoms with E-state index in [1.54, 1.807) is 67.6 Å². The van der Waals surface area contributed by atoms with E-state index in [1.165, 1.54) is 24.3 Å². The Bertz CT molecular complexity index is 1060. The van der Waals surface area contributed by atoms with Crippen LogP contribution in [0.5, 0.6) is 0 Å². The number of ether oxygens (including phenoxy) is 1.